The Labute approximate surface area is 181 Å². The molecule has 0 bridgehead atoms. The number of urea groups is 1. The second kappa shape index (κ2) is 7.70. The Bertz CT molecular complexity index is 1410. The lowest BCUT2D eigenvalue weighted by molar-refractivity contribution is 0.262. The van der Waals surface area contributed by atoms with Crippen LogP contribution in [0.2, 0.25) is 5.02 Å². The van der Waals surface area contributed by atoms with Gasteiger partial charge in [0.25, 0.3) is 0 Å². The molecule has 5 aromatic rings. The number of aromatic amines is 1. The first-order valence-electron chi connectivity index (χ1n) is 9.44. The number of nitrogens with zero attached hydrogens (tertiary/aromatic N) is 2. The number of aromatic nitrogens is 3. The number of halogens is 2. The van der Waals surface area contributed by atoms with Crippen molar-refractivity contribution < 1.29 is 9.18 Å². The van der Waals surface area contributed by atoms with E-state index in [1.54, 1.807) is 42.6 Å². The Balaban J connectivity index is 1.47. The summed E-state index contributed by atoms with van der Waals surface area (Å²) in [6.07, 6.45) is 1.62. The Morgan fingerprint density at radius 3 is 2.58 bits per heavy atom. The SMILES string of the molecule is O=C(Nc1ccccc1)Nc1ccc2c(c1)ncc1[nH]c(-c3c(F)cccc3Cl)nc12. The zero-order chi connectivity index (χ0) is 21.4. The van der Waals surface area contributed by atoms with Crippen LogP contribution in [-0.2, 0) is 0 Å². The smallest absolute Gasteiger partial charge is 0.323 e. The maximum Gasteiger partial charge on any atom is 0.323 e. The van der Waals surface area contributed by atoms with Gasteiger partial charge >= 0.3 is 6.03 Å². The van der Waals surface area contributed by atoms with Gasteiger partial charge in [-0.15, -0.1) is 0 Å². The molecule has 0 fully saturated rings. The molecule has 2 heterocycles. The van der Waals surface area contributed by atoms with E-state index in [0.717, 1.165) is 5.39 Å². The highest BCUT2D eigenvalue weighted by molar-refractivity contribution is 6.33. The van der Waals surface area contributed by atoms with Crippen LogP contribution in [0, 0.1) is 5.82 Å². The summed E-state index contributed by atoms with van der Waals surface area (Å²) in [5.74, 6) is -0.128. The number of amides is 2. The molecule has 31 heavy (non-hydrogen) atoms. The molecule has 0 aliphatic heterocycles. The van der Waals surface area contributed by atoms with Gasteiger partial charge in [0.2, 0.25) is 0 Å². The molecule has 0 atom stereocenters. The minimum atomic E-state index is -0.459. The number of anilines is 2. The largest absolute Gasteiger partial charge is 0.337 e. The fourth-order valence-electron chi connectivity index (χ4n) is 3.39. The third kappa shape index (κ3) is 3.67. The third-order valence-electron chi connectivity index (χ3n) is 4.81. The second-order valence-corrected chi connectivity index (χ2v) is 7.29. The van der Waals surface area contributed by atoms with Crippen molar-refractivity contribution in [3.8, 4) is 11.4 Å². The highest BCUT2D eigenvalue weighted by atomic mass is 35.5. The van der Waals surface area contributed by atoms with E-state index in [4.69, 9.17) is 11.6 Å². The minimum Gasteiger partial charge on any atom is -0.337 e. The van der Waals surface area contributed by atoms with Crippen LogP contribution in [0.25, 0.3) is 33.3 Å². The molecular weight excluding hydrogens is 417 g/mol. The molecule has 5 rings (SSSR count). The third-order valence-corrected chi connectivity index (χ3v) is 5.12. The zero-order valence-electron chi connectivity index (χ0n) is 16.0. The van der Waals surface area contributed by atoms with Crippen LogP contribution in [0.5, 0.6) is 0 Å². The van der Waals surface area contributed by atoms with Crippen molar-refractivity contribution in [2.24, 2.45) is 0 Å². The van der Waals surface area contributed by atoms with Crippen molar-refractivity contribution >= 4 is 50.9 Å². The molecule has 8 heteroatoms. The lowest BCUT2D eigenvalue weighted by atomic mass is 10.2. The molecule has 3 aromatic carbocycles. The van der Waals surface area contributed by atoms with Crippen molar-refractivity contribution in [3.63, 3.8) is 0 Å². The number of para-hydroxylation sites is 1. The van der Waals surface area contributed by atoms with E-state index in [0.29, 0.717) is 33.7 Å². The van der Waals surface area contributed by atoms with Crippen molar-refractivity contribution in [1.82, 2.24) is 15.0 Å². The Morgan fingerprint density at radius 1 is 0.968 bits per heavy atom. The van der Waals surface area contributed by atoms with Gasteiger partial charge in [0.15, 0.2) is 0 Å². The number of pyridine rings is 1. The number of rotatable bonds is 3. The maximum atomic E-state index is 14.3. The predicted molar refractivity (Wildman–Crippen MR) is 121 cm³/mol. The van der Waals surface area contributed by atoms with Gasteiger partial charge in [0, 0.05) is 16.8 Å². The Hall–Kier alpha value is -3.97. The first-order chi connectivity index (χ1) is 15.1. The van der Waals surface area contributed by atoms with Crippen molar-refractivity contribution in [1.29, 1.82) is 0 Å². The first kappa shape index (κ1) is 19.0. The number of fused-ring (bicyclic) bond motifs is 3. The molecule has 6 nitrogen and oxygen atoms in total. The summed E-state index contributed by atoms with van der Waals surface area (Å²) in [4.78, 5) is 24.3. The molecule has 3 N–H and O–H groups in total. The molecule has 0 saturated carbocycles. The van der Waals surface area contributed by atoms with Crippen LogP contribution in [0.3, 0.4) is 0 Å². The number of hydrogen-bond acceptors (Lipinski definition) is 3. The molecule has 0 unspecified atom stereocenters. The predicted octanol–water partition coefficient (Wildman–Crippen LogP) is 6.21. The van der Waals surface area contributed by atoms with E-state index < -0.39 is 5.82 Å². The van der Waals surface area contributed by atoms with Crippen LogP contribution in [0.1, 0.15) is 0 Å². The van der Waals surface area contributed by atoms with E-state index in [2.05, 4.69) is 25.6 Å². The second-order valence-electron chi connectivity index (χ2n) is 6.88. The van der Waals surface area contributed by atoms with Crippen LogP contribution >= 0.6 is 11.6 Å². The number of imidazole rings is 1. The average Bonchev–Trinajstić information content (AvgIpc) is 3.18. The number of H-pyrrole nitrogens is 1. The fraction of sp³-hybridized carbons (Fsp3) is 0. The van der Waals surface area contributed by atoms with Gasteiger partial charge in [-0.05, 0) is 42.5 Å². The highest BCUT2D eigenvalue weighted by Gasteiger charge is 2.16. The van der Waals surface area contributed by atoms with Gasteiger partial charge in [0.05, 0.1) is 33.3 Å². The summed E-state index contributed by atoms with van der Waals surface area (Å²) in [7, 11) is 0. The Morgan fingerprint density at radius 2 is 1.77 bits per heavy atom. The van der Waals surface area contributed by atoms with E-state index in [-0.39, 0.29) is 16.6 Å². The molecule has 0 aliphatic carbocycles. The summed E-state index contributed by atoms with van der Waals surface area (Å²) in [6, 6.07) is 18.6. The van der Waals surface area contributed by atoms with Gasteiger partial charge in [-0.2, -0.15) is 0 Å². The lowest BCUT2D eigenvalue weighted by Crippen LogP contribution is -2.19. The highest BCUT2D eigenvalue weighted by Crippen LogP contribution is 2.32. The molecule has 2 amide bonds. The van der Waals surface area contributed by atoms with Gasteiger partial charge in [0.1, 0.15) is 11.6 Å². The van der Waals surface area contributed by atoms with Crippen LogP contribution in [0.15, 0.2) is 72.9 Å². The van der Waals surface area contributed by atoms with E-state index in [1.807, 2.05) is 24.3 Å². The maximum absolute atomic E-state index is 14.3. The molecule has 0 saturated heterocycles. The quantitative estimate of drug-likeness (QED) is 0.317. The molecule has 0 spiro atoms. The number of benzene rings is 3. The normalized spacial score (nSPS) is 11.0. The van der Waals surface area contributed by atoms with Crippen LogP contribution in [-0.4, -0.2) is 21.0 Å². The molecule has 152 valence electrons. The van der Waals surface area contributed by atoms with E-state index >= 15 is 0 Å². The summed E-state index contributed by atoms with van der Waals surface area (Å²) in [6.45, 7) is 0. The summed E-state index contributed by atoms with van der Waals surface area (Å²) >= 11 is 6.18. The molecule has 2 aromatic heterocycles. The van der Waals surface area contributed by atoms with E-state index in [9.17, 15) is 9.18 Å². The Kier molecular flexibility index (Phi) is 4.72. The van der Waals surface area contributed by atoms with Gasteiger partial charge in [-0.25, -0.2) is 14.2 Å². The monoisotopic (exact) mass is 431 g/mol. The van der Waals surface area contributed by atoms with Crippen molar-refractivity contribution in [2.75, 3.05) is 10.6 Å². The summed E-state index contributed by atoms with van der Waals surface area (Å²) in [5.41, 5.74) is 3.42. The summed E-state index contributed by atoms with van der Waals surface area (Å²) in [5, 5.41) is 6.59. The standard InChI is InChI=1S/C23H15ClFN5O/c24-16-7-4-8-17(25)20(16)22-29-19-12-26-18-11-14(9-10-15(18)21(19)30-22)28-23(31)27-13-5-2-1-3-6-13/h1-12H,(H,29,30)(H2,27,28,31). The van der Waals surface area contributed by atoms with Gasteiger partial charge in [-0.3, -0.25) is 4.98 Å². The average molecular weight is 432 g/mol. The lowest BCUT2D eigenvalue weighted by Gasteiger charge is -2.08. The molecule has 0 aliphatic rings. The minimum absolute atomic E-state index is 0.212. The molecular formula is C23H15ClFN5O. The van der Waals surface area contributed by atoms with Gasteiger partial charge in [-0.1, -0.05) is 35.9 Å². The van der Waals surface area contributed by atoms with Gasteiger partial charge < -0.3 is 15.6 Å². The first-order valence-corrected chi connectivity index (χ1v) is 9.82. The van der Waals surface area contributed by atoms with Crippen molar-refractivity contribution in [2.45, 2.75) is 0 Å². The molecule has 0 radical (unpaired) electrons. The van der Waals surface area contributed by atoms with Crippen molar-refractivity contribution in [3.05, 3.63) is 83.8 Å². The van der Waals surface area contributed by atoms with Crippen LogP contribution < -0.4 is 10.6 Å². The number of carbonyl (C=O) groups excluding carboxylic acids is 1. The fourth-order valence-corrected chi connectivity index (χ4v) is 3.65. The summed E-state index contributed by atoms with van der Waals surface area (Å²) < 4.78 is 14.3. The van der Waals surface area contributed by atoms with E-state index in [1.165, 1.54) is 6.07 Å². The topological polar surface area (TPSA) is 82.7 Å². The van der Waals surface area contributed by atoms with Crippen LogP contribution in [0.4, 0.5) is 20.6 Å². The number of carbonyl (C=O) groups is 1. The number of hydrogen-bond donors (Lipinski definition) is 3. The number of nitrogens with one attached hydrogen (secondary N) is 3. The zero-order valence-corrected chi connectivity index (χ0v) is 16.7.